The molecule has 0 unspecified atom stereocenters. The molecule has 1 heterocycles. The van der Waals surface area contributed by atoms with Gasteiger partial charge in [0.05, 0.1) is 11.6 Å². The second-order valence-electron chi connectivity index (χ2n) is 4.07. The molecule has 100 valence electrons. The zero-order valence-electron chi connectivity index (χ0n) is 10.7. The van der Waals surface area contributed by atoms with Crippen LogP contribution in [0.1, 0.15) is 10.4 Å². The number of Topliss-reactive ketones (excluding diaryl/α,β-unsaturated/α-hetero) is 1. The standard InChI is InChI=1S/C14H14BrNO3/c1-16-6-5-10(8-16)13(17)9-19-14-4-3-11(18-2)7-12(14)15/h3-8H,9H2,1-2H3. The average Bonchev–Trinajstić information content (AvgIpc) is 2.83. The molecule has 19 heavy (non-hydrogen) atoms. The number of aryl methyl sites for hydroxylation is 1. The van der Waals surface area contributed by atoms with E-state index in [4.69, 9.17) is 9.47 Å². The summed E-state index contributed by atoms with van der Waals surface area (Å²) >= 11 is 3.38. The Bertz CT molecular complexity index is 592. The number of aromatic nitrogens is 1. The molecule has 0 aliphatic heterocycles. The highest BCUT2D eigenvalue weighted by molar-refractivity contribution is 9.10. The number of ketones is 1. The summed E-state index contributed by atoms with van der Waals surface area (Å²) < 4.78 is 13.2. The fourth-order valence-corrected chi connectivity index (χ4v) is 2.09. The van der Waals surface area contributed by atoms with Crippen LogP contribution in [0, 0.1) is 0 Å². The molecule has 0 saturated heterocycles. The Balaban J connectivity index is 2.01. The minimum Gasteiger partial charge on any atom is -0.497 e. The van der Waals surface area contributed by atoms with Crippen LogP contribution in [-0.2, 0) is 7.05 Å². The summed E-state index contributed by atoms with van der Waals surface area (Å²) in [7, 11) is 3.47. The molecule has 5 heteroatoms. The number of methoxy groups -OCH3 is 1. The van der Waals surface area contributed by atoms with Crippen molar-refractivity contribution >= 4 is 21.7 Å². The van der Waals surface area contributed by atoms with Gasteiger partial charge in [-0.2, -0.15) is 0 Å². The third-order valence-electron chi connectivity index (χ3n) is 2.65. The molecular formula is C14H14BrNO3. The molecule has 0 bridgehead atoms. The molecule has 0 aliphatic carbocycles. The number of carbonyl (C=O) groups excluding carboxylic acids is 1. The van der Waals surface area contributed by atoms with Gasteiger partial charge in [0.15, 0.2) is 6.61 Å². The number of carbonyl (C=O) groups is 1. The van der Waals surface area contributed by atoms with E-state index in [-0.39, 0.29) is 12.4 Å². The van der Waals surface area contributed by atoms with Gasteiger partial charge < -0.3 is 14.0 Å². The summed E-state index contributed by atoms with van der Waals surface area (Å²) in [6.07, 6.45) is 3.60. The maximum atomic E-state index is 11.9. The minimum atomic E-state index is -0.0525. The monoisotopic (exact) mass is 323 g/mol. The maximum absolute atomic E-state index is 11.9. The molecule has 0 radical (unpaired) electrons. The van der Waals surface area contributed by atoms with Crippen molar-refractivity contribution in [2.24, 2.45) is 7.05 Å². The molecule has 2 aromatic rings. The SMILES string of the molecule is COc1ccc(OCC(=O)c2ccn(C)c2)c(Br)c1. The number of benzene rings is 1. The van der Waals surface area contributed by atoms with Gasteiger partial charge in [-0.25, -0.2) is 0 Å². The van der Waals surface area contributed by atoms with Crippen molar-refractivity contribution in [3.63, 3.8) is 0 Å². The fraction of sp³-hybridized carbons (Fsp3) is 0.214. The van der Waals surface area contributed by atoms with Gasteiger partial charge in [-0.15, -0.1) is 0 Å². The van der Waals surface area contributed by atoms with Gasteiger partial charge in [-0.1, -0.05) is 0 Å². The van der Waals surface area contributed by atoms with Gasteiger partial charge in [0.25, 0.3) is 0 Å². The number of hydrogen-bond acceptors (Lipinski definition) is 3. The quantitative estimate of drug-likeness (QED) is 0.794. The van der Waals surface area contributed by atoms with Crippen LogP contribution < -0.4 is 9.47 Å². The van der Waals surface area contributed by atoms with E-state index in [1.54, 1.807) is 37.6 Å². The fourth-order valence-electron chi connectivity index (χ4n) is 1.62. The number of rotatable bonds is 5. The summed E-state index contributed by atoms with van der Waals surface area (Å²) in [6.45, 7) is 0.00887. The van der Waals surface area contributed by atoms with E-state index in [1.807, 2.05) is 17.8 Å². The molecule has 0 amide bonds. The van der Waals surface area contributed by atoms with Crippen molar-refractivity contribution in [3.05, 3.63) is 46.7 Å². The third kappa shape index (κ3) is 3.38. The van der Waals surface area contributed by atoms with Gasteiger partial charge in [0.1, 0.15) is 11.5 Å². The Kier molecular flexibility index (Phi) is 4.27. The first-order valence-corrected chi connectivity index (χ1v) is 6.51. The molecule has 4 nitrogen and oxygen atoms in total. The van der Waals surface area contributed by atoms with Crippen LogP contribution in [0.25, 0.3) is 0 Å². The van der Waals surface area contributed by atoms with Gasteiger partial charge in [0.2, 0.25) is 5.78 Å². The van der Waals surface area contributed by atoms with Gasteiger partial charge in [-0.3, -0.25) is 4.79 Å². The predicted octanol–water partition coefficient (Wildman–Crippen LogP) is 3.06. The van der Waals surface area contributed by atoms with Gasteiger partial charge >= 0.3 is 0 Å². The molecule has 0 atom stereocenters. The Labute approximate surface area is 120 Å². The Morgan fingerprint density at radius 1 is 1.37 bits per heavy atom. The van der Waals surface area contributed by atoms with E-state index in [2.05, 4.69) is 15.9 Å². The van der Waals surface area contributed by atoms with Crippen molar-refractivity contribution < 1.29 is 14.3 Å². The Hall–Kier alpha value is -1.75. The first-order chi connectivity index (χ1) is 9.10. The van der Waals surface area contributed by atoms with Crippen molar-refractivity contribution in [3.8, 4) is 11.5 Å². The molecule has 0 spiro atoms. The summed E-state index contributed by atoms with van der Waals surface area (Å²) in [4.78, 5) is 11.9. The lowest BCUT2D eigenvalue weighted by Gasteiger charge is -2.08. The summed E-state index contributed by atoms with van der Waals surface area (Å²) in [5, 5.41) is 0. The second-order valence-corrected chi connectivity index (χ2v) is 4.93. The minimum absolute atomic E-state index is 0.00887. The van der Waals surface area contributed by atoms with Crippen LogP contribution >= 0.6 is 15.9 Å². The summed E-state index contributed by atoms with van der Waals surface area (Å²) in [5.74, 6) is 1.29. The number of ether oxygens (including phenoxy) is 2. The summed E-state index contributed by atoms with van der Waals surface area (Å²) in [5.41, 5.74) is 0.645. The highest BCUT2D eigenvalue weighted by Gasteiger charge is 2.09. The van der Waals surface area contributed by atoms with Crippen molar-refractivity contribution in [2.75, 3.05) is 13.7 Å². The van der Waals surface area contributed by atoms with Crippen molar-refractivity contribution in [2.45, 2.75) is 0 Å². The van der Waals surface area contributed by atoms with Gasteiger partial charge in [-0.05, 0) is 40.2 Å². The van der Waals surface area contributed by atoms with Gasteiger partial charge in [0, 0.05) is 25.0 Å². The lowest BCUT2D eigenvalue weighted by atomic mass is 10.2. The van der Waals surface area contributed by atoms with E-state index in [0.717, 1.165) is 10.2 Å². The molecule has 1 aromatic heterocycles. The van der Waals surface area contributed by atoms with E-state index < -0.39 is 0 Å². The van der Waals surface area contributed by atoms with Crippen LogP contribution in [-0.4, -0.2) is 24.1 Å². The molecule has 0 aliphatic rings. The second kappa shape index (κ2) is 5.93. The smallest absolute Gasteiger partial charge is 0.201 e. The lowest BCUT2D eigenvalue weighted by Crippen LogP contribution is -2.11. The van der Waals surface area contributed by atoms with Crippen LogP contribution in [0.5, 0.6) is 11.5 Å². The molecular weight excluding hydrogens is 310 g/mol. The Morgan fingerprint density at radius 2 is 2.16 bits per heavy atom. The van der Waals surface area contributed by atoms with Crippen molar-refractivity contribution in [1.29, 1.82) is 0 Å². The first kappa shape index (κ1) is 13.7. The van der Waals surface area contributed by atoms with Crippen molar-refractivity contribution in [1.82, 2.24) is 4.57 Å². The average molecular weight is 324 g/mol. The lowest BCUT2D eigenvalue weighted by molar-refractivity contribution is 0.0921. The number of nitrogens with zero attached hydrogens (tertiary/aromatic N) is 1. The highest BCUT2D eigenvalue weighted by Crippen LogP contribution is 2.29. The summed E-state index contributed by atoms with van der Waals surface area (Å²) in [6, 6.07) is 7.12. The normalized spacial score (nSPS) is 10.3. The number of halogens is 1. The highest BCUT2D eigenvalue weighted by atomic mass is 79.9. The zero-order valence-corrected chi connectivity index (χ0v) is 12.3. The molecule has 1 aromatic carbocycles. The zero-order chi connectivity index (χ0) is 13.8. The number of hydrogen-bond donors (Lipinski definition) is 0. The van der Waals surface area contributed by atoms with Crippen LogP contribution in [0.4, 0.5) is 0 Å². The predicted molar refractivity (Wildman–Crippen MR) is 75.9 cm³/mol. The molecule has 0 fully saturated rings. The topological polar surface area (TPSA) is 40.5 Å². The molecule has 0 saturated carbocycles. The maximum Gasteiger partial charge on any atom is 0.201 e. The van der Waals surface area contributed by atoms with E-state index in [1.165, 1.54) is 0 Å². The van der Waals surface area contributed by atoms with E-state index in [9.17, 15) is 4.79 Å². The van der Waals surface area contributed by atoms with Crippen LogP contribution in [0.15, 0.2) is 41.1 Å². The largest absolute Gasteiger partial charge is 0.497 e. The van der Waals surface area contributed by atoms with E-state index in [0.29, 0.717) is 11.3 Å². The molecule has 2 rings (SSSR count). The molecule has 0 N–H and O–H groups in total. The van der Waals surface area contributed by atoms with E-state index >= 15 is 0 Å². The first-order valence-electron chi connectivity index (χ1n) is 5.71. The third-order valence-corrected chi connectivity index (χ3v) is 3.27. The van der Waals surface area contributed by atoms with Crippen LogP contribution in [0.2, 0.25) is 0 Å². The Morgan fingerprint density at radius 3 is 2.74 bits per heavy atom. The van der Waals surface area contributed by atoms with Crippen LogP contribution in [0.3, 0.4) is 0 Å².